The van der Waals surface area contributed by atoms with Crippen molar-refractivity contribution in [1.29, 1.82) is 0 Å². The van der Waals surface area contributed by atoms with Gasteiger partial charge in [0.1, 0.15) is 0 Å². The van der Waals surface area contributed by atoms with Gasteiger partial charge in [0.05, 0.1) is 12.1 Å². The molecule has 1 aromatic carbocycles. The number of benzene rings is 1. The van der Waals surface area contributed by atoms with E-state index in [0.29, 0.717) is 24.0 Å². The molecular formula is C16H23ClN2O2. The van der Waals surface area contributed by atoms with E-state index < -0.39 is 0 Å². The molecule has 2 atom stereocenters. The molecule has 0 bridgehead atoms. The third-order valence-electron chi connectivity index (χ3n) is 4.06. The van der Waals surface area contributed by atoms with Gasteiger partial charge < -0.3 is 10.4 Å². The highest BCUT2D eigenvalue weighted by atomic mass is 35.5. The topological polar surface area (TPSA) is 52.6 Å². The van der Waals surface area contributed by atoms with Crippen LogP contribution < -0.4 is 5.32 Å². The zero-order valence-corrected chi connectivity index (χ0v) is 13.3. The van der Waals surface area contributed by atoms with Crippen molar-refractivity contribution < 1.29 is 9.90 Å². The first-order valence-electron chi connectivity index (χ1n) is 7.38. The van der Waals surface area contributed by atoms with Crippen LogP contribution in [0.2, 0.25) is 5.02 Å². The van der Waals surface area contributed by atoms with Crippen LogP contribution in [0, 0.1) is 5.92 Å². The molecule has 0 aromatic heterocycles. The standard InChI is InChI=1S/C16H23ClN2O2/c1-11(19(2)10-15(20)13-5-6-13)16(21)18-9-12-3-7-14(17)8-4-12/h3-4,7-8,11,13,15,20H,5-6,9-10H2,1-2H3,(H,18,21). The van der Waals surface area contributed by atoms with E-state index in [0.717, 1.165) is 18.4 Å². The smallest absolute Gasteiger partial charge is 0.237 e. The molecule has 116 valence electrons. The van der Waals surface area contributed by atoms with Crippen LogP contribution >= 0.6 is 11.6 Å². The highest BCUT2D eigenvalue weighted by Gasteiger charge is 2.31. The summed E-state index contributed by atoms with van der Waals surface area (Å²) in [5, 5.41) is 13.5. The van der Waals surface area contributed by atoms with Crippen molar-refractivity contribution in [2.75, 3.05) is 13.6 Å². The molecule has 1 aliphatic rings. The van der Waals surface area contributed by atoms with Crippen LogP contribution in [0.5, 0.6) is 0 Å². The Bertz CT molecular complexity index is 474. The Morgan fingerprint density at radius 2 is 2.05 bits per heavy atom. The highest BCUT2D eigenvalue weighted by Crippen LogP contribution is 2.32. The lowest BCUT2D eigenvalue weighted by atomic mass is 10.2. The fraction of sp³-hybridized carbons (Fsp3) is 0.562. The van der Waals surface area contributed by atoms with Crippen LogP contribution in [-0.2, 0) is 11.3 Å². The van der Waals surface area contributed by atoms with E-state index in [4.69, 9.17) is 11.6 Å². The first kappa shape index (κ1) is 16.3. The van der Waals surface area contributed by atoms with Gasteiger partial charge in [-0.15, -0.1) is 0 Å². The van der Waals surface area contributed by atoms with Crippen molar-refractivity contribution in [3.63, 3.8) is 0 Å². The van der Waals surface area contributed by atoms with Crippen LogP contribution in [-0.4, -0.2) is 41.7 Å². The van der Waals surface area contributed by atoms with Crippen LogP contribution in [0.3, 0.4) is 0 Å². The maximum absolute atomic E-state index is 12.1. The third kappa shape index (κ3) is 4.99. The molecule has 0 radical (unpaired) electrons. The van der Waals surface area contributed by atoms with Crippen molar-refractivity contribution in [3.8, 4) is 0 Å². The number of nitrogens with one attached hydrogen (secondary N) is 1. The molecule has 1 aromatic rings. The Morgan fingerprint density at radius 1 is 1.43 bits per heavy atom. The van der Waals surface area contributed by atoms with E-state index in [-0.39, 0.29) is 18.1 Å². The number of likely N-dealkylation sites (N-methyl/N-ethyl adjacent to an activating group) is 1. The lowest BCUT2D eigenvalue weighted by Gasteiger charge is -2.26. The second kappa shape index (κ2) is 7.25. The van der Waals surface area contributed by atoms with Crippen LogP contribution in [0.1, 0.15) is 25.3 Å². The quantitative estimate of drug-likeness (QED) is 0.810. The van der Waals surface area contributed by atoms with Crippen molar-refractivity contribution in [2.45, 2.75) is 38.5 Å². The van der Waals surface area contributed by atoms with Gasteiger partial charge in [0, 0.05) is 18.1 Å². The van der Waals surface area contributed by atoms with Crippen LogP contribution in [0.25, 0.3) is 0 Å². The van der Waals surface area contributed by atoms with Crippen molar-refractivity contribution in [1.82, 2.24) is 10.2 Å². The second-order valence-electron chi connectivity index (χ2n) is 5.86. The fourth-order valence-electron chi connectivity index (χ4n) is 2.22. The minimum Gasteiger partial charge on any atom is -0.392 e. The number of hydrogen-bond acceptors (Lipinski definition) is 3. The summed E-state index contributed by atoms with van der Waals surface area (Å²) in [7, 11) is 1.87. The molecule has 4 nitrogen and oxygen atoms in total. The summed E-state index contributed by atoms with van der Waals surface area (Å²) in [4.78, 5) is 14.0. The van der Waals surface area contributed by atoms with Crippen LogP contribution in [0.4, 0.5) is 0 Å². The largest absolute Gasteiger partial charge is 0.392 e. The Hall–Kier alpha value is -1.10. The predicted octanol–water partition coefficient (Wildman–Crippen LogP) is 2.05. The minimum absolute atomic E-state index is 0.0320. The number of nitrogens with zero attached hydrogens (tertiary/aromatic N) is 1. The average Bonchev–Trinajstić information content (AvgIpc) is 3.30. The summed E-state index contributed by atoms with van der Waals surface area (Å²) in [6, 6.07) is 7.15. The first-order valence-corrected chi connectivity index (χ1v) is 7.75. The number of amides is 1. The zero-order chi connectivity index (χ0) is 15.4. The summed E-state index contributed by atoms with van der Waals surface area (Å²) < 4.78 is 0. The summed E-state index contributed by atoms with van der Waals surface area (Å²) in [6.07, 6.45) is 1.89. The lowest BCUT2D eigenvalue weighted by molar-refractivity contribution is -0.126. The van der Waals surface area contributed by atoms with E-state index in [1.165, 1.54) is 0 Å². The van der Waals surface area contributed by atoms with Crippen molar-refractivity contribution in [3.05, 3.63) is 34.9 Å². The van der Waals surface area contributed by atoms with Gasteiger partial charge in [0.25, 0.3) is 0 Å². The summed E-state index contributed by atoms with van der Waals surface area (Å²) >= 11 is 5.83. The Labute approximate surface area is 131 Å². The molecule has 1 amide bonds. The number of halogens is 1. The van der Waals surface area contributed by atoms with E-state index in [2.05, 4.69) is 5.32 Å². The second-order valence-corrected chi connectivity index (χ2v) is 6.30. The van der Waals surface area contributed by atoms with Crippen molar-refractivity contribution >= 4 is 17.5 Å². The minimum atomic E-state index is -0.318. The number of hydrogen-bond donors (Lipinski definition) is 2. The molecule has 1 fully saturated rings. The first-order chi connectivity index (χ1) is 9.97. The monoisotopic (exact) mass is 310 g/mol. The molecule has 0 saturated heterocycles. The molecule has 0 aliphatic heterocycles. The molecule has 1 aliphatic carbocycles. The molecule has 2 rings (SSSR count). The highest BCUT2D eigenvalue weighted by molar-refractivity contribution is 6.30. The van der Waals surface area contributed by atoms with Gasteiger partial charge in [-0.1, -0.05) is 23.7 Å². The molecule has 2 unspecified atom stereocenters. The van der Waals surface area contributed by atoms with E-state index in [9.17, 15) is 9.90 Å². The van der Waals surface area contributed by atoms with Gasteiger partial charge in [0.2, 0.25) is 5.91 Å². The molecule has 0 heterocycles. The SMILES string of the molecule is CC(C(=O)NCc1ccc(Cl)cc1)N(C)CC(O)C1CC1. The van der Waals surface area contributed by atoms with Crippen LogP contribution in [0.15, 0.2) is 24.3 Å². The maximum Gasteiger partial charge on any atom is 0.237 e. The Morgan fingerprint density at radius 3 is 2.62 bits per heavy atom. The fourth-order valence-corrected chi connectivity index (χ4v) is 2.35. The number of rotatable bonds is 7. The van der Waals surface area contributed by atoms with E-state index in [1.807, 2.05) is 43.1 Å². The maximum atomic E-state index is 12.1. The molecule has 0 spiro atoms. The van der Waals surface area contributed by atoms with Gasteiger partial charge in [-0.25, -0.2) is 0 Å². The molecule has 1 saturated carbocycles. The lowest BCUT2D eigenvalue weighted by Crippen LogP contribution is -2.45. The molecule has 2 N–H and O–H groups in total. The van der Waals surface area contributed by atoms with E-state index >= 15 is 0 Å². The summed E-state index contributed by atoms with van der Waals surface area (Å²) in [5.41, 5.74) is 1.01. The Kier molecular flexibility index (Phi) is 5.62. The average molecular weight is 311 g/mol. The third-order valence-corrected chi connectivity index (χ3v) is 4.31. The number of carbonyl (C=O) groups excluding carboxylic acids is 1. The predicted molar refractivity (Wildman–Crippen MR) is 84.1 cm³/mol. The van der Waals surface area contributed by atoms with Gasteiger partial charge in [-0.3, -0.25) is 9.69 Å². The van der Waals surface area contributed by atoms with Gasteiger partial charge >= 0.3 is 0 Å². The summed E-state index contributed by atoms with van der Waals surface area (Å²) in [6.45, 7) is 2.89. The number of aliphatic hydroxyl groups is 1. The number of carbonyl (C=O) groups is 1. The van der Waals surface area contributed by atoms with E-state index in [1.54, 1.807) is 0 Å². The Balaban J connectivity index is 1.77. The zero-order valence-electron chi connectivity index (χ0n) is 12.6. The van der Waals surface area contributed by atoms with Crippen molar-refractivity contribution in [2.24, 2.45) is 5.92 Å². The molecule has 21 heavy (non-hydrogen) atoms. The summed E-state index contributed by atoms with van der Waals surface area (Å²) in [5.74, 6) is 0.396. The molecule has 5 heteroatoms. The van der Waals surface area contributed by atoms with Gasteiger partial charge in [-0.2, -0.15) is 0 Å². The normalized spacial score (nSPS) is 17.6. The number of aliphatic hydroxyl groups excluding tert-OH is 1. The molecular weight excluding hydrogens is 288 g/mol. The van der Waals surface area contributed by atoms with Gasteiger partial charge in [0.15, 0.2) is 0 Å². The van der Waals surface area contributed by atoms with Gasteiger partial charge in [-0.05, 0) is 50.4 Å².